The predicted octanol–water partition coefficient (Wildman–Crippen LogP) is 5.81. The monoisotopic (exact) mass is 402 g/mol. The number of carbonyl (C=O) groups is 2. The minimum atomic E-state index is -0.575. The maximum atomic E-state index is 13.0. The molecule has 1 aromatic heterocycles. The molecule has 0 bridgehead atoms. The van der Waals surface area contributed by atoms with Crippen molar-refractivity contribution in [3.05, 3.63) is 82.6 Å². The Morgan fingerprint density at radius 2 is 1.03 bits per heavy atom. The van der Waals surface area contributed by atoms with Crippen molar-refractivity contribution < 1.29 is 19.1 Å². The number of hydrogen-bond donors (Lipinski definition) is 0. The average molecular weight is 402 g/mol. The summed E-state index contributed by atoms with van der Waals surface area (Å²) in [5.74, 6) is -1.15. The fraction of sp³-hybridized carbons (Fsp3) is 0.0833. The Bertz CT molecular complexity index is 1100. The largest absolute Gasteiger partial charge is 0.465 e. The van der Waals surface area contributed by atoms with Crippen LogP contribution in [0.3, 0.4) is 0 Å². The van der Waals surface area contributed by atoms with Gasteiger partial charge in [-0.3, -0.25) is 0 Å². The van der Waals surface area contributed by atoms with Crippen LogP contribution in [0.25, 0.3) is 33.0 Å². The summed E-state index contributed by atoms with van der Waals surface area (Å²) in [7, 11) is 2.64. The van der Waals surface area contributed by atoms with Crippen LogP contribution in [0.2, 0.25) is 0 Å². The SMILES string of the molecule is COC(=O)c1c(C(=O)OC)c(-c2ccccc2)c2cscc2c1-c1ccccc1. The number of benzene rings is 3. The molecule has 0 atom stereocenters. The van der Waals surface area contributed by atoms with E-state index in [-0.39, 0.29) is 11.1 Å². The summed E-state index contributed by atoms with van der Waals surface area (Å²) >= 11 is 1.52. The van der Waals surface area contributed by atoms with Crippen molar-refractivity contribution in [2.75, 3.05) is 14.2 Å². The number of thiophene rings is 1. The first-order valence-electron chi connectivity index (χ1n) is 9.00. The first kappa shape index (κ1) is 18.9. The van der Waals surface area contributed by atoms with E-state index in [0.717, 1.165) is 21.9 Å². The van der Waals surface area contributed by atoms with Crippen LogP contribution in [0.4, 0.5) is 0 Å². The van der Waals surface area contributed by atoms with Crippen molar-refractivity contribution in [2.45, 2.75) is 0 Å². The van der Waals surface area contributed by atoms with Crippen molar-refractivity contribution in [3.63, 3.8) is 0 Å². The lowest BCUT2D eigenvalue weighted by Gasteiger charge is -2.19. The molecule has 4 aromatic rings. The summed E-state index contributed by atoms with van der Waals surface area (Å²) in [6.45, 7) is 0. The van der Waals surface area contributed by atoms with Crippen LogP contribution in [-0.4, -0.2) is 26.2 Å². The molecule has 4 nitrogen and oxygen atoms in total. The first-order valence-corrected chi connectivity index (χ1v) is 9.95. The van der Waals surface area contributed by atoms with Gasteiger partial charge in [0.25, 0.3) is 0 Å². The number of hydrogen-bond acceptors (Lipinski definition) is 5. The summed E-state index contributed by atoms with van der Waals surface area (Å²) in [4.78, 5) is 25.9. The van der Waals surface area contributed by atoms with E-state index in [1.54, 1.807) is 0 Å². The molecular formula is C24H18O4S. The summed E-state index contributed by atoms with van der Waals surface area (Å²) in [6.07, 6.45) is 0. The third kappa shape index (κ3) is 3.19. The van der Waals surface area contributed by atoms with Crippen molar-refractivity contribution in [3.8, 4) is 22.3 Å². The van der Waals surface area contributed by atoms with Gasteiger partial charge in [-0.05, 0) is 21.9 Å². The smallest absolute Gasteiger partial charge is 0.339 e. The molecule has 0 saturated carbocycles. The molecule has 0 fully saturated rings. The molecule has 0 spiro atoms. The lowest BCUT2D eigenvalue weighted by atomic mass is 9.85. The molecule has 29 heavy (non-hydrogen) atoms. The second-order valence-corrected chi connectivity index (χ2v) is 7.16. The maximum absolute atomic E-state index is 13.0. The third-order valence-corrected chi connectivity index (χ3v) is 5.60. The Morgan fingerprint density at radius 3 is 1.38 bits per heavy atom. The molecule has 0 aliphatic carbocycles. The molecule has 0 unspecified atom stereocenters. The van der Waals surface area contributed by atoms with E-state index in [1.165, 1.54) is 25.6 Å². The van der Waals surface area contributed by atoms with Gasteiger partial charge in [-0.2, -0.15) is 11.3 Å². The van der Waals surface area contributed by atoms with Gasteiger partial charge < -0.3 is 9.47 Å². The zero-order chi connectivity index (χ0) is 20.4. The number of esters is 2. The molecule has 0 N–H and O–H groups in total. The van der Waals surface area contributed by atoms with Crippen molar-refractivity contribution in [2.24, 2.45) is 0 Å². The molecule has 0 saturated heterocycles. The van der Waals surface area contributed by atoms with Crippen molar-refractivity contribution in [1.82, 2.24) is 0 Å². The van der Waals surface area contributed by atoms with Gasteiger partial charge in [-0.25, -0.2) is 9.59 Å². The van der Waals surface area contributed by atoms with Crippen LogP contribution < -0.4 is 0 Å². The van der Waals surface area contributed by atoms with Gasteiger partial charge in [0.2, 0.25) is 0 Å². The predicted molar refractivity (Wildman–Crippen MR) is 115 cm³/mol. The summed E-state index contributed by atoms with van der Waals surface area (Å²) in [5.41, 5.74) is 3.45. The Balaban J connectivity index is 2.24. The highest BCUT2D eigenvalue weighted by molar-refractivity contribution is 7.09. The topological polar surface area (TPSA) is 52.6 Å². The molecule has 0 amide bonds. The van der Waals surface area contributed by atoms with Crippen LogP contribution in [-0.2, 0) is 9.47 Å². The van der Waals surface area contributed by atoms with Crippen LogP contribution >= 0.6 is 11.3 Å². The standard InChI is InChI=1S/C24H18O4S/c1-27-23(25)21-19(15-9-5-3-6-10-15)17-13-29-14-18(17)20(22(21)24(26)28-2)16-11-7-4-8-12-16/h3-14H,1-2H3. The van der Waals surface area contributed by atoms with E-state index in [9.17, 15) is 9.59 Å². The van der Waals surface area contributed by atoms with Gasteiger partial charge >= 0.3 is 11.9 Å². The minimum absolute atomic E-state index is 0.218. The molecule has 3 aromatic carbocycles. The quantitative estimate of drug-likeness (QED) is 0.404. The van der Waals surface area contributed by atoms with Crippen LogP contribution in [0.15, 0.2) is 71.4 Å². The number of ether oxygens (including phenoxy) is 2. The van der Waals surface area contributed by atoms with E-state index in [2.05, 4.69) is 0 Å². The fourth-order valence-electron chi connectivity index (χ4n) is 3.63. The van der Waals surface area contributed by atoms with E-state index >= 15 is 0 Å². The number of carbonyl (C=O) groups excluding carboxylic acids is 2. The third-order valence-electron chi connectivity index (χ3n) is 4.85. The molecule has 0 aliphatic heterocycles. The molecule has 0 aliphatic rings. The first-order chi connectivity index (χ1) is 14.2. The molecule has 144 valence electrons. The average Bonchev–Trinajstić information content (AvgIpc) is 3.26. The number of rotatable bonds is 4. The highest BCUT2D eigenvalue weighted by atomic mass is 32.1. The van der Waals surface area contributed by atoms with Crippen LogP contribution in [0, 0.1) is 0 Å². The van der Waals surface area contributed by atoms with E-state index < -0.39 is 11.9 Å². The van der Waals surface area contributed by atoms with Gasteiger partial charge in [0.1, 0.15) is 0 Å². The molecule has 0 radical (unpaired) electrons. The Kier molecular flexibility index (Phi) is 5.14. The molecule has 5 heteroatoms. The molecular weight excluding hydrogens is 384 g/mol. The Hall–Kier alpha value is -3.44. The van der Waals surface area contributed by atoms with Gasteiger partial charge in [-0.15, -0.1) is 0 Å². The zero-order valence-corrected chi connectivity index (χ0v) is 16.8. The highest BCUT2D eigenvalue weighted by Gasteiger charge is 2.30. The van der Waals surface area contributed by atoms with Gasteiger partial charge in [0.15, 0.2) is 0 Å². The Labute approximate surface area is 172 Å². The number of fused-ring (bicyclic) bond motifs is 1. The van der Waals surface area contributed by atoms with Crippen molar-refractivity contribution >= 4 is 34.0 Å². The van der Waals surface area contributed by atoms with E-state index in [0.29, 0.717) is 11.1 Å². The second-order valence-electron chi connectivity index (χ2n) is 6.41. The lowest BCUT2D eigenvalue weighted by molar-refractivity contribution is 0.0557. The summed E-state index contributed by atoms with van der Waals surface area (Å²) in [5, 5.41) is 5.79. The zero-order valence-electron chi connectivity index (χ0n) is 16.0. The van der Waals surface area contributed by atoms with Gasteiger partial charge in [0.05, 0.1) is 25.3 Å². The van der Waals surface area contributed by atoms with Gasteiger partial charge in [-0.1, -0.05) is 60.7 Å². The molecule has 1 heterocycles. The van der Waals surface area contributed by atoms with Crippen LogP contribution in [0.1, 0.15) is 20.7 Å². The summed E-state index contributed by atoms with van der Waals surface area (Å²) in [6, 6.07) is 19.1. The highest BCUT2D eigenvalue weighted by Crippen LogP contribution is 2.44. The summed E-state index contributed by atoms with van der Waals surface area (Å²) < 4.78 is 10.2. The normalized spacial score (nSPS) is 10.7. The van der Waals surface area contributed by atoms with Crippen LogP contribution in [0.5, 0.6) is 0 Å². The maximum Gasteiger partial charge on any atom is 0.339 e. The van der Waals surface area contributed by atoms with Gasteiger partial charge in [0, 0.05) is 21.9 Å². The minimum Gasteiger partial charge on any atom is -0.465 e. The van der Waals surface area contributed by atoms with E-state index in [1.807, 2.05) is 71.4 Å². The number of methoxy groups -OCH3 is 2. The second kappa shape index (κ2) is 7.89. The van der Waals surface area contributed by atoms with E-state index in [4.69, 9.17) is 9.47 Å². The van der Waals surface area contributed by atoms with Crippen molar-refractivity contribution in [1.29, 1.82) is 0 Å². The lowest BCUT2D eigenvalue weighted by Crippen LogP contribution is -2.15. The fourth-order valence-corrected chi connectivity index (χ4v) is 4.46. The Morgan fingerprint density at radius 1 is 0.655 bits per heavy atom. The molecule has 4 rings (SSSR count).